The van der Waals surface area contributed by atoms with E-state index in [-0.39, 0.29) is 19.2 Å². The van der Waals surface area contributed by atoms with E-state index >= 15 is 0 Å². The van der Waals surface area contributed by atoms with Crippen LogP contribution in [0.2, 0.25) is 0 Å². The molecule has 22 heavy (non-hydrogen) atoms. The number of nitrogens with one attached hydrogen (secondary N) is 3. The number of rotatable bonds is 6. The van der Waals surface area contributed by atoms with Gasteiger partial charge in [-0.15, -0.1) is 0 Å². The van der Waals surface area contributed by atoms with Crippen molar-refractivity contribution in [3.8, 4) is 11.5 Å². The van der Waals surface area contributed by atoms with Gasteiger partial charge in [-0.05, 0) is 24.1 Å². The van der Waals surface area contributed by atoms with Crippen LogP contribution in [0.25, 0.3) is 0 Å². The Labute approximate surface area is 130 Å². The van der Waals surface area contributed by atoms with E-state index < -0.39 is 0 Å². The van der Waals surface area contributed by atoms with Crippen LogP contribution in [-0.4, -0.2) is 38.8 Å². The molecule has 1 aromatic carbocycles. The number of carbonyl (C=O) groups is 1. The van der Waals surface area contributed by atoms with Crippen molar-refractivity contribution in [2.24, 2.45) is 4.99 Å². The van der Waals surface area contributed by atoms with E-state index in [0.29, 0.717) is 19.0 Å². The molecular weight excluding hydrogens is 284 g/mol. The molecule has 0 bridgehead atoms. The third-order valence-corrected chi connectivity index (χ3v) is 3.11. The Morgan fingerprint density at radius 3 is 2.82 bits per heavy atom. The number of aliphatic imine (C=N–C) groups is 1. The molecule has 1 aromatic rings. The molecule has 0 spiro atoms. The third kappa shape index (κ3) is 4.54. The molecule has 0 saturated heterocycles. The van der Waals surface area contributed by atoms with E-state index in [1.165, 1.54) is 0 Å². The molecule has 0 unspecified atom stereocenters. The summed E-state index contributed by atoms with van der Waals surface area (Å²) in [5.41, 5.74) is 1.04. The molecule has 120 valence electrons. The molecule has 3 N–H and O–H groups in total. The Morgan fingerprint density at radius 2 is 2.05 bits per heavy atom. The average molecular weight is 306 g/mol. The predicted octanol–water partition coefficient (Wildman–Crippen LogP) is 0.607. The molecule has 0 saturated carbocycles. The van der Waals surface area contributed by atoms with Gasteiger partial charge < -0.3 is 25.4 Å². The van der Waals surface area contributed by atoms with E-state index in [0.717, 1.165) is 23.5 Å². The molecule has 1 amide bonds. The van der Waals surface area contributed by atoms with Gasteiger partial charge in [0, 0.05) is 20.1 Å². The number of carbonyl (C=O) groups excluding carboxylic acids is 1. The van der Waals surface area contributed by atoms with Crippen molar-refractivity contribution >= 4 is 11.9 Å². The maximum atomic E-state index is 11.5. The first-order valence-corrected chi connectivity index (χ1v) is 7.32. The SMILES string of the molecule is CCCNC(=O)CNC(=NC)NCc1ccc2c(c1)OCO2. The third-order valence-electron chi connectivity index (χ3n) is 3.11. The minimum atomic E-state index is -0.0483. The first kappa shape index (κ1) is 15.9. The van der Waals surface area contributed by atoms with Crippen molar-refractivity contribution in [3.63, 3.8) is 0 Å². The largest absolute Gasteiger partial charge is 0.454 e. The van der Waals surface area contributed by atoms with Gasteiger partial charge in [-0.3, -0.25) is 9.79 Å². The summed E-state index contributed by atoms with van der Waals surface area (Å²) in [4.78, 5) is 15.6. The van der Waals surface area contributed by atoms with E-state index in [1.54, 1.807) is 7.05 Å². The molecule has 0 fully saturated rings. The van der Waals surface area contributed by atoms with Crippen molar-refractivity contribution in [2.75, 3.05) is 26.9 Å². The van der Waals surface area contributed by atoms with Crippen molar-refractivity contribution < 1.29 is 14.3 Å². The quantitative estimate of drug-likeness (QED) is 0.530. The van der Waals surface area contributed by atoms with Gasteiger partial charge in [0.1, 0.15) is 0 Å². The Hall–Kier alpha value is -2.44. The molecule has 0 radical (unpaired) electrons. The fourth-order valence-corrected chi connectivity index (χ4v) is 1.95. The number of hydrogen-bond acceptors (Lipinski definition) is 4. The Morgan fingerprint density at radius 1 is 1.23 bits per heavy atom. The fraction of sp³-hybridized carbons (Fsp3) is 0.467. The highest BCUT2D eigenvalue weighted by Gasteiger charge is 2.13. The van der Waals surface area contributed by atoms with Crippen LogP contribution in [0, 0.1) is 0 Å². The standard InChI is InChI=1S/C15H22N4O3/c1-3-6-17-14(20)9-19-15(16-2)18-8-11-4-5-12-13(7-11)22-10-21-12/h4-5,7H,3,6,8-10H2,1-2H3,(H,17,20)(H2,16,18,19). The summed E-state index contributed by atoms with van der Waals surface area (Å²) in [6.07, 6.45) is 0.919. The molecule has 0 aliphatic carbocycles. The topological polar surface area (TPSA) is 84.0 Å². The van der Waals surface area contributed by atoms with Gasteiger partial charge in [0.2, 0.25) is 12.7 Å². The van der Waals surface area contributed by atoms with Crippen LogP contribution in [0.1, 0.15) is 18.9 Å². The molecular formula is C15H22N4O3. The molecule has 2 rings (SSSR count). The number of amides is 1. The first-order chi connectivity index (χ1) is 10.7. The highest BCUT2D eigenvalue weighted by molar-refractivity contribution is 5.86. The molecule has 0 aromatic heterocycles. The summed E-state index contributed by atoms with van der Waals surface area (Å²) in [5, 5.41) is 8.92. The second-order valence-corrected chi connectivity index (χ2v) is 4.82. The van der Waals surface area contributed by atoms with Crippen LogP contribution in [0.4, 0.5) is 0 Å². The van der Waals surface area contributed by atoms with Crippen LogP contribution in [0.5, 0.6) is 11.5 Å². The van der Waals surface area contributed by atoms with Gasteiger partial charge in [-0.1, -0.05) is 13.0 Å². The summed E-state index contributed by atoms with van der Waals surface area (Å²) < 4.78 is 10.6. The Bertz CT molecular complexity index is 546. The molecule has 1 aliphatic rings. The minimum Gasteiger partial charge on any atom is -0.454 e. The lowest BCUT2D eigenvalue weighted by Crippen LogP contribution is -2.43. The lowest BCUT2D eigenvalue weighted by Gasteiger charge is -2.12. The van der Waals surface area contributed by atoms with Gasteiger partial charge in [0.25, 0.3) is 0 Å². The highest BCUT2D eigenvalue weighted by Crippen LogP contribution is 2.32. The van der Waals surface area contributed by atoms with E-state index in [4.69, 9.17) is 9.47 Å². The van der Waals surface area contributed by atoms with Crippen molar-refractivity contribution in [2.45, 2.75) is 19.9 Å². The number of ether oxygens (including phenoxy) is 2. The summed E-state index contributed by atoms with van der Waals surface area (Å²) in [7, 11) is 1.67. The van der Waals surface area contributed by atoms with Gasteiger partial charge >= 0.3 is 0 Å². The number of guanidine groups is 1. The van der Waals surface area contributed by atoms with Crippen LogP contribution < -0.4 is 25.4 Å². The smallest absolute Gasteiger partial charge is 0.239 e. The maximum Gasteiger partial charge on any atom is 0.239 e. The molecule has 7 nitrogen and oxygen atoms in total. The predicted molar refractivity (Wildman–Crippen MR) is 84.1 cm³/mol. The number of fused-ring (bicyclic) bond motifs is 1. The number of benzene rings is 1. The monoisotopic (exact) mass is 306 g/mol. The van der Waals surface area contributed by atoms with Gasteiger partial charge in [0.05, 0.1) is 6.54 Å². The summed E-state index contributed by atoms with van der Waals surface area (Å²) in [6.45, 7) is 3.74. The molecule has 7 heteroatoms. The van der Waals surface area contributed by atoms with Crippen molar-refractivity contribution in [3.05, 3.63) is 23.8 Å². The molecule has 1 heterocycles. The van der Waals surface area contributed by atoms with Crippen LogP contribution in [0.3, 0.4) is 0 Å². The van der Waals surface area contributed by atoms with E-state index in [9.17, 15) is 4.79 Å². The Kier molecular flexibility index (Phi) is 5.88. The minimum absolute atomic E-state index is 0.0483. The lowest BCUT2D eigenvalue weighted by molar-refractivity contribution is -0.120. The Balaban J connectivity index is 1.78. The van der Waals surface area contributed by atoms with Crippen LogP contribution in [-0.2, 0) is 11.3 Å². The summed E-state index contributed by atoms with van der Waals surface area (Å²) >= 11 is 0. The summed E-state index contributed by atoms with van der Waals surface area (Å²) in [6, 6.07) is 5.77. The zero-order valence-electron chi connectivity index (χ0n) is 12.9. The maximum absolute atomic E-state index is 11.5. The normalized spacial score (nSPS) is 12.9. The second kappa shape index (κ2) is 8.11. The first-order valence-electron chi connectivity index (χ1n) is 7.32. The van der Waals surface area contributed by atoms with Crippen LogP contribution >= 0.6 is 0 Å². The second-order valence-electron chi connectivity index (χ2n) is 4.82. The van der Waals surface area contributed by atoms with Gasteiger partial charge in [0.15, 0.2) is 17.5 Å². The molecule has 0 atom stereocenters. The van der Waals surface area contributed by atoms with Crippen molar-refractivity contribution in [1.29, 1.82) is 0 Å². The molecule has 1 aliphatic heterocycles. The van der Waals surface area contributed by atoms with E-state index in [2.05, 4.69) is 20.9 Å². The zero-order valence-corrected chi connectivity index (χ0v) is 12.9. The number of nitrogens with zero attached hydrogens (tertiary/aromatic N) is 1. The lowest BCUT2D eigenvalue weighted by atomic mass is 10.2. The van der Waals surface area contributed by atoms with Crippen molar-refractivity contribution in [1.82, 2.24) is 16.0 Å². The summed E-state index contributed by atoms with van der Waals surface area (Å²) in [5.74, 6) is 2.04. The number of hydrogen-bond donors (Lipinski definition) is 3. The fourth-order valence-electron chi connectivity index (χ4n) is 1.95. The zero-order chi connectivity index (χ0) is 15.8. The van der Waals surface area contributed by atoms with Gasteiger partial charge in [-0.25, -0.2) is 0 Å². The van der Waals surface area contributed by atoms with E-state index in [1.807, 2.05) is 25.1 Å². The van der Waals surface area contributed by atoms with Gasteiger partial charge in [-0.2, -0.15) is 0 Å². The van der Waals surface area contributed by atoms with Crippen LogP contribution in [0.15, 0.2) is 23.2 Å². The highest BCUT2D eigenvalue weighted by atomic mass is 16.7. The average Bonchev–Trinajstić information content (AvgIpc) is 3.00.